The molecule has 0 radical (unpaired) electrons. The van der Waals surface area contributed by atoms with Gasteiger partial charge in [0.05, 0.1) is 31.8 Å². The van der Waals surface area contributed by atoms with Gasteiger partial charge in [-0.1, -0.05) is 17.7 Å². The quantitative estimate of drug-likeness (QED) is 0.761. The summed E-state index contributed by atoms with van der Waals surface area (Å²) >= 11 is 5.86. The maximum atomic E-state index is 12.4. The van der Waals surface area contributed by atoms with E-state index in [0.29, 0.717) is 37.3 Å². The Morgan fingerprint density at radius 2 is 2.04 bits per heavy atom. The first kappa shape index (κ1) is 18.8. The molecule has 1 fully saturated rings. The second-order valence-corrected chi connectivity index (χ2v) is 7.62. The largest absolute Gasteiger partial charge is 0.467 e. The van der Waals surface area contributed by atoms with Gasteiger partial charge in [-0.25, -0.2) is 13.1 Å². The van der Waals surface area contributed by atoms with Crippen LogP contribution in [0, 0.1) is 0 Å². The van der Waals surface area contributed by atoms with Crippen LogP contribution in [0.5, 0.6) is 6.01 Å². The van der Waals surface area contributed by atoms with E-state index in [1.807, 2.05) is 4.90 Å². The number of rotatable bonds is 6. The van der Waals surface area contributed by atoms with Crippen molar-refractivity contribution in [2.75, 3.05) is 38.3 Å². The number of ether oxygens (including phenoxy) is 2. The van der Waals surface area contributed by atoms with E-state index in [1.54, 1.807) is 12.1 Å². The van der Waals surface area contributed by atoms with Crippen LogP contribution < -0.4 is 14.4 Å². The lowest BCUT2D eigenvalue weighted by Gasteiger charge is -2.26. The number of nitrogens with zero attached hydrogens (tertiary/aromatic N) is 4. The van der Waals surface area contributed by atoms with Crippen molar-refractivity contribution in [1.29, 1.82) is 0 Å². The lowest BCUT2D eigenvalue weighted by Crippen LogP contribution is -2.37. The first-order chi connectivity index (χ1) is 12.5. The van der Waals surface area contributed by atoms with Gasteiger partial charge in [-0.2, -0.15) is 15.0 Å². The smallest absolute Gasteiger partial charge is 0.321 e. The van der Waals surface area contributed by atoms with Gasteiger partial charge in [0.15, 0.2) is 5.82 Å². The Balaban J connectivity index is 1.78. The molecule has 0 unspecified atom stereocenters. The Morgan fingerprint density at radius 1 is 1.27 bits per heavy atom. The van der Waals surface area contributed by atoms with Crippen molar-refractivity contribution in [3.63, 3.8) is 0 Å². The average molecular weight is 400 g/mol. The molecule has 1 saturated heterocycles. The van der Waals surface area contributed by atoms with Crippen LogP contribution in [0.2, 0.25) is 5.02 Å². The molecule has 0 atom stereocenters. The second-order valence-electron chi connectivity index (χ2n) is 5.42. The number of aromatic nitrogens is 3. The number of hydrogen-bond acceptors (Lipinski definition) is 8. The Hall–Kier alpha value is -2.01. The summed E-state index contributed by atoms with van der Waals surface area (Å²) in [5.41, 5.74) is 0. The highest BCUT2D eigenvalue weighted by Crippen LogP contribution is 2.17. The van der Waals surface area contributed by atoms with Gasteiger partial charge < -0.3 is 14.4 Å². The molecule has 0 bridgehead atoms. The molecule has 0 saturated carbocycles. The van der Waals surface area contributed by atoms with Crippen molar-refractivity contribution in [3.8, 4) is 6.01 Å². The summed E-state index contributed by atoms with van der Waals surface area (Å²) in [5.74, 6) is 0.682. The monoisotopic (exact) mass is 399 g/mol. The Kier molecular flexibility index (Phi) is 5.87. The van der Waals surface area contributed by atoms with E-state index in [0.717, 1.165) is 0 Å². The number of halogens is 1. The second kappa shape index (κ2) is 8.12. The zero-order valence-corrected chi connectivity index (χ0v) is 15.6. The highest BCUT2D eigenvalue weighted by molar-refractivity contribution is 7.89. The van der Waals surface area contributed by atoms with Crippen molar-refractivity contribution in [2.24, 2.45) is 0 Å². The zero-order valence-electron chi connectivity index (χ0n) is 14.1. The number of nitrogens with one attached hydrogen (secondary N) is 1. The predicted molar refractivity (Wildman–Crippen MR) is 94.9 cm³/mol. The SMILES string of the molecule is COc1nc(CNS(=O)(=O)c2cccc(Cl)c2)nc(N2CCOCC2)n1. The van der Waals surface area contributed by atoms with Gasteiger partial charge >= 0.3 is 6.01 Å². The topological polar surface area (TPSA) is 107 Å². The molecule has 1 aliphatic heterocycles. The van der Waals surface area contributed by atoms with Gasteiger partial charge in [0, 0.05) is 18.1 Å². The lowest BCUT2D eigenvalue weighted by molar-refractivity contribution is 0.122. The fourth-order valence-electron chi connectivity index (χ4n) is 2.34. The van der Waals surface area contributed by atoms with Gasteiger partial charge in [0.2, 0.25) is 16.0 Å². The molecule has 1 aliphatic rings. The van der Waals surface area contributed by atoms with Crippen LogP contribution in [0.15, 0.2) is 29.2 Å². The molecule has 0 amide bonds. The van der Waals surface area contributed by atoms with E-state index in [2.05, 4.69) is 19.7 Å². The van der Waals surface area contributed by atoms with Crippen molar-refractivity contribution in [1.82, 2.24) is 19.7 Å². The summed E-state index contributed by atoms with van der Waals surface area (Å²) in [6.07, 6.45) is 0. The molecule has 2 heterocycles. The highest BCUT2D eigenvalue weighted by atomic mass is 35.5. The molecule has 1 aromatic heterocycles. The maximum Gasteiger partial charge on any atom is 0.321 e. The number of methoxy groups -OCH3 is 1. The van der Waals surface area contributed by atoms with Crippen molar-refractivity contribution < 1.29 is 17.9 Å². The summed E-state index contributed by atoms with van der Waals surface area (Å²) in [5, 5.41) is 0.337. The van der Waals surface area contributed by atoms with Gasteiger partial charge in [-0.3, -0.25) is 0 Å². The van der Waals surface area contributed by atoms with Gasteiger partial charge in [0.25, 0.3) is 0 Å². The number of morpholine rings is 1. The van der Waals surface area contributed by atoms with Gasteiger partial charge in [0.1, 0.15) is 0 Å². The molecular weight excluding hydrogens is 382 g/mol. The first-order valence-electron chi connectivity index (χ1n) is 7.85. The van der Waals surface area contributed by atoms with Crippen LogP contribution in [0.1, 0.15) is 5.82 Å². The molecular formula is C15H18ClN5O4S. The highest BCUT2D eigenvalue weighted by Gasteiger charge is 2.19. The van der Waals surface area contributed by atoms with Crippen molar-refractivity contribution >= 4 is 27.6 Å². The molecule has 3 rings (SSSR count). The Labute approximate surface area is 156 Å². The summed E-state index contributed by atoms with van der Waals surface area (Å²) in [4.78, 5) is 14.7. The summed E-state index contributed by atoms with van der Waals surface area (Å²) in [6, 6.07) is 6.13. The minimum absolute atomic E-state index is 0.0689. The van der Waals surface area contributed by atoms with Crippen LogP contribution in [0.3, 0.4) is 0 Å². The normalized spacial score (nSPS) is 15.1. The average Bonchev–Trinajstić information content (AvgIpc) is 2.67. The summed E-state index contributed by atoms with van der Waals surface area (Å²) < 4.78 is 37.7. The van der Waals surface area contributed by atoms with Gasteiger partial charge in [-0.05, 0) is 18.2 Å². The van der Waals surface area contributed by atoms with E-state index >= 15 is 0 Å². The molecule has 1 aromatic carbocycles. The first-order valence-corrected chi connectivity index (χ1v) is 9.71. The van der Waals surface area contributed by atoms with Crippen molar-refractivity contribution in [3.05, 3.63) is 35.1 Å². The summed E-state index contributed by atoms with van der Waals surface area (Å²) in [7, 11) is -2.30. The zero-order chi connectivity index (χ0) is 18.6. The molecule has 140 valence electrons. The van der Waals surface area contributed by atoms with Crippen molar-refractivity contribution in [2.45, 2.75) is 11.4 Å². The third-order valence-electron chi connectivity index (χ3n) is 3.65. The van der Waals surface area contributed by atoms with Gasteiger partial charge in [-0.15, -0.1) is 0 Å². The number of anilines is 1. The van der Waals surface area contributed by atoms with E-state index in [9.17, 15) is 8.42 Å². The molecule has 26 heavy (non-hydrogen) atoms. The molecule has 11 heteroatoms. The minimum atomic E-state index is -3.75. The molecule has 0 aliphatic carbocycles. The fraction of sp³-hybridized carbons (Fsp3) is 0.400. The van der Waals surface area contributed by atoms with E-state index in [-0.39, 0.29) is 23.3 Å². The lowest BCUT2D eigenvalue weighted by atomic mass is 10.4. The van der Waals surface area contributed by atoms with Crippen LogP contribution >= 0.6 is 11.6 Å². The molecule has 0 spiro atoms. The van der Waals surface area contributed by atoms with E-state index in [1.165, 1.54) is 19.2 Å². The Morgan fingerprint density at radius 3 is 2.73 bits per heavy atom. The third kappa shape index (κ3) is 4.58. The van der Waals surface area contributed by atoms with Crippen LogP contribution in [-0.2, 0) is 21.3 Å². The van der Waals surface area contributed by atoms with Crippen LogP contribution in [0.25, 0.3) is 0 Å². The molecule has 9 nitrogen and oxygen atoms in total. The maximum absolute atomic E-state index is 12.4. The number of sulfonamides is 1. The van der Waals surface area contributed by atoms with E-state index < -0.39 is 10.0 Å². The molecule has 2 aromatic rings. The summed E-state index contributed by atoms with van der Waals surface area (Å²) in [6.45, 7) is 2.32. The standard InChI is InChI=1S/C15H18ClN5O4S/c1-24-15-19-13(18-14(20-15)21-5-7-25-8-6-21)10-17-26(22,23)12-4-2-3-11(16)9-12/h2-4,9,17H,5-8,10H2,1H3. The fourth-order valence-corrected chi connectivity index (χ4v) is 3.62. The van der Waals surface area contributed by atoms with Crippen LogP contribution in [-0.4, -0.2) is 56.8 Å². The van der Waals surface area contributed by atoms with E-state index in [4.69, 9.17) is 21.1 Å². The predicted octanol–water partition coefficient (Wildman–Crippen LogP) is 0.849. The third-order valence-corrected chi connectivity index (χ3v) is 5.29. The van der Waals surface area contributed by atoms with Crippen LogP contribution in [0.4, 0.5) is 5.95 Å². The number of hydrogen-bond donors (Lipinski definition) is 1. The number of benzene rings is 1. The molecule has 1 N–H and O–H groups in total. The minimum Gasteiger partial charge on any atom is -0.467 e. The Bertz CT molecular complexity index is 874.